The van der Waals surface area contributed by atoms with Gasteiger partial charge in [-0.3, -0.25) is 9.59 Å². The van der Waals surface area contributed by atoms with Gasteiger partial charge in [0, 0.05) is 35.0 Å². The zero-order valence-corrected chi connectivity index (χ0v) is 18.9. The van der Waals surface area contributed by atoms with Crippen LogP contribution in [0.5, 0.6) is 0 Å². The third kappa shape index (κ3) is 3.20. The van der Waals surface area contributed by atoms with Crippen LogP contribution < -0.4 is 0 Å². The smallest absolute Gasteiger partial charge is 0.228 e. The van der Waals surface area contributed by atoms with Crippen LogP contribution in [0.25, 0.3) is 39.5 Å². The van der Waals surface area contributed by atoms with Gasteiger partial charge in [-0.05, 0) is 47.0 Å². The number of hydrogen-bond acceptors (Lipinski definition) is 4. The molecule has 0 fully saturated rings. The van der Waals surface area contributed by atoms with Crippen LogP contribution in [0.3, 0.4) is 0 Å². The van der Waals surface area contributed by atoms with Gasteiger partial charge >= 0.3 is 0 Å². The second kappa shape index (κ2) is 7.66. The summed E-state index contributed by atoms with van der Waals surface area (Å²) in [6, 6.07) is 23.0. The van der Waals surface area contributed by atoms with Gasteiger partial charge in [-0.25, -0.2) is 0 Å². The van der Waals surface area contributed by atoms with Crippen molar-refractivity contribution in [1.82, 2.24) is 9.55 Å². The quantitative estimate of drug-likeness (QED) is 0.231. The van der Waals surface area contributed by atoms with Gasteiger partial charge in [-0.15, -0.1) is 0 Å². The molecule has 34 heavy (non-hydrogen) atoms. The summed E-state index contributed by atoms with van der Waals surface area (Å²) < 4.78 is 8.09. The molecule has 0 amide bonds. The van der Waals surface area contributed by atoms with Gasteiger partial charge in [0.15, 0.2) is 22.8 Å². The predicted octanol–water partition coefficient (Wildman–Crippen LogP) is 6.57. The van der Waals surface area contributed by atoms with E-state index in [-0.39, 0.29) is 17.1 Å². The minimum absolute atomic E-state index is 0.179. The summed E-state index contributed by atoms with van der Waals surface area (Å²) in [6.07, 6.45) is 1.69. The van der Waals surface area contributed by atoms with Crippen molar-refractivity contribution in [3.05, 3.63) is 95.2 Å². The van der Waals surface area contributed by atoms with Crippen molar-refractivity contribution in [1.29, 1.82) is 0 Å². The number of carbonyl (C=O) groups excluding carboxylic acids is 2. The molecule has 5 heteroatoms. The molecule has 0 unspecified atom stereocenters. The van der Waals surface area contributed by atoms with Crippen LogP contribution >= 0.6 is 0 Å². The number of Topliss-reactive ketones (excluding diaryl/α,β-unsaturated/α-hetero) is 2. The summed E-state index contributed by atoms with van der Waals surface area (Å²) in [5.74, 6) is 0.409. The lowest BCUT2D eigenvalue weighted by molar-refractivity contribution is 0.0990. The number of rotatable bonds is 4. The van der Waals surface area contributed by atoms with E-state index in [1.165, 1.54) is 0 Å². The van der Waals surface area contributed by atoms with E-state index in [0.29, 0.717) is 40.7 Å². The molecule has 0 N–H and O–H groups in total. The van der Waals surface area contributed by atoms with E-state index in [9.17, 15) is 9.59 Å². The standard InChI is InChI=1S/C29H22N2O3/c1-17(2)16-31-21(15-25-28(31)30-29(34-25)18-8-4-3-5-9-18)14-24-26(32)22-12-19-10-6-7-11-20(19)13-23(22)27(24)33/h3-15,17H,16H2,1-2H3. The lowest BCUT2D eigenvalue weighted by Crippen LogP contribution is -2.08. The Labute approximate surface area is 196 Å². The molecule has 166 valence electrons. The number of allylic oxidation sites excluding steroid dienone is 1. The van der Waals surface area contributed by atoms with Crippen molar-refractivity contribution in [2.24, 2.45) is 5.92 Å². The number of fused-ring (bicyclic) bond motifs is 3. The van der Waals surface area contributed by atoms with Gasteiger partial charge in [0.05, 0.1) is 5.57 Å². The molecule has 1 aliphatic carbocycles. The third-order valence-electron chi connectivity index (χ3n) is 6.21. The molecule has 6 rings (SSSR count). The summed E-state index contributed by atoms with van der Waals surface area (Å²) in [5, 5.41) is 1.89. The summed E-state index contributed by atoms with van der Waals surface area (Å²) >= 11 is 0. The Morgan fingerprint density at radius 3 is 2.12 bits per heavy atom. The minimum atomic E-state index is -0.238. The molecular weight excluding hydrogens is 424 g/mol. The summed E-state index contributed by atoms with van der Waals surface area (Å²) in [7, 11) is 0. The zero-order chi connectivity index (χ0) is 23.4. The van der Waals surface area contributed by atoms with Gasteiger partial charge in [0.25, 0.3) is 0 Å². The zero-order valence-electron chi connectivity index (χ0n) is 18.9. The number of hydrogen-bond donors (Lipinski definition) is 0. The van der Waals surface area contributed by atoms with E-state index in [4.69, 9.17) is 9.40 Å². The van der Waals surface area contributed by atoms with Gasteiger partial charge in [0.1, 0.15) is 0 Å². The maximum absolute atomic E-state index is 13.2. The van der Waals surface area contributed by atoms with E-state index < -0.39 is 0 Å². The van der Waals surface area contributed by atoms with Crippen LogP contribution in [0.1, 0.15) is 40.3 Å². The highest BCUT2D eigenvalue weighted by Gasteiger charge is 2.34. The maximum Gasteiger partial charge on any atom is 0.228 e. The summed E-state index contributed by atoms with van der Waals surface area (Å²) in [5.41, 5.74) is 4.09. The van der Waals surface area contributed by atoms with E-state index >= 15 is 0 Å². The van der Waals surface area contributed by atoms with Crippen molar-refractivity contribution < 1.29 is 14.0 Å². The van der Waals surface area contributed by atoms with Crippen LogP contribution in [0.4, 0.5) is 0 Å². The number of ketones is 2. The number of benzene rings is 3. The Bertz CT molecular complexity index is 1580. The fourth-order valence-corrected chi connectivity index (χ4v) is 4.61. The molecule has 0 saturated heterocycles. The predicted molar refractivity (Wildman–Crippen MR) is 133 cm³/mol. The molecular formula is C29H22N2O3. The Balaban J connectivity index is 1.47. The van der Waals surface area contributed by atoms with Crippen LogP contribution in [-0.2, 0) is 6.54 Å². The molecule has 0 spiro atoms. The summed E-state index contributed by atoms with van der Waals surface area (Å²) in [4.78, 5) is 31.2. The average molecular weight is 447 g/mol. The molecule has 1 aliphatic rings. The van der Waals surface area contributed by atoms with Crippen LogP contribution in [-0.4, -0.2) is 21.1 Å². The van der Waals surface area contributed by atoms with Gasteiger partial charge in [0.2, 0.25) is 5.89 Å². The lowest BCUT2D eigenvalue weighted by Gasteiger charge is -2.10. The normalized spacial score (nSPS) is 13.4. The molecule has 0 bridgehead atoms. The highest BCUT2D eigenvalue weighted by atomic mass is 16.3. The first-order chi connectivity index (χ1) is 16.5. The molecule has 2 aromatic heterocycles. The molecule has 5 nitrogen and oxygen atoms in total. The molecule has 0 radical (unpaired) electrons. The number of oxazole rings is 1. The minimum Gasteiger partial charge on any atom is -0.434 e. The monoisotopic (exact) mass is 446 g/mol. The maximum atomic E-state index is 13.2. The van der Waals surface area contributed by atoms with E-state index in [2.05, 4.69) is 13.8 Å². The van der Waals surface area contributed by atoms with E-state index in [1.807, 2.05) is 77.4 Å². The topological polar surface area (TPSA) is 65.1 Å². The second-order valence-electron chi connectivity index (χ2n) is 9.11. The molecule has 0 aliphatic heterocycles. The first-order valence-corrected chi connectivity index (χ1v) is 11.4. The van der Waals surface area contributed by atoms with Crippen molar-refractivity contribution in [3.63, 3.8) is 0 Å². The first kappa shape index (κ1) is 20.4. The van der Waals surface area contributed by atoms with E-state index in [1.54, 1.807) is 6.08 Å². The first-order valence-electron chi connectivity index (χ1n) is 11.4. The van der Waals surface area contributed by atoms with Gasteiger partial charge < -0.3 is 8.98 Å². The average Bonchev–Trinajstić information content (AvgIpc) is 3.46. The van der Waals surface area contributed by atoms with Gasteiger partial charge in [-0.1, -0.05) is 56.3 Å². The molecule has 0 saturated carbocycles. The number of carbonyl (C=O) groups is 2. The van der Waals surface area contributed by atoms with E-state index in [0.717, 1.165) is 22.0 Å². The molecule has 5 aromatic rings. The molecule has 3 aromatic carbocycles. The highest BCUT2D eigenvalue weighted by molar-refractivity contribution is 6.42. The Hall–Kier alpha value is -4.25. The highest BCUT2D eigenvalue weighted by Crippen LogP contribution is 2.33. The van der Waals surface area contributed by atoms with Crippen LogP contribution in [0.15, 0.2) is 82.8 Å². The van der Waals surface area contributed by atoms with Gasteiger partial charge in [-0.2, -0.15) is 4.98 Å². The fourth-order valence-electron chi connectivity index (χ4n) is 4.61. The van der Waals surface area contributed by atoms with Crippen molar-refractivity contribution in [3.8, 4) is 11.5 Å². The Morgan fingerprint density at radius 2 is 1.50 bits per heavy atom. The largest absolute Gasteiger partial charge is 0.434 e. The fraction of sp³-hybridized carbons (Fsp3) is 0.138. The number of aromatic nitrogens is 2. The van der Waals surface area contributed by atoms with Crippen LogP contribution in [0.2, 0.25) is 0 Å². The summed E-state index contributed by atoms with van der Waals surface area (Å²) in [6.45, 7) is 4.92. The second-order valence-corrected chi connectivity index (χ2v) is 9.11. The Kier molecular flexibility index (Phi) is 4.59. The Morgan fingerprint density at radius 1 is 0.882 bits per heavy atom. The third-order valence-corrected chi connectivity index (χ3v) is 6.21. The number of nitrogens with zero attached hydrogens (tertiary/aromatic N) is 2. The van der Waals surface area contributed by atoms with Crippen molar-refractivity contribution >= 4 is 39.6 Å². The van der Waals surface area contributed by atoms with Crippen LogP contribution in [0, 0.1) is 5.92 Å². The molecule has 2 heterocycles. The SMILES string of the molecule is CC(C)Cn1c(C=C2C(=O)c3cc4ccccc4cc3C2=O)cc2oc(-c3ccccc3)nc21. The molecule has 0 atom stereocenters. The van der Waals surface area contributed by atoms with Crippen molar-refractivity contribution in [2.45, 2.75) is 20.4 Å². The lowest BCUT2D eigenvalue weighted by atomic mass is 10.0. The van der Waals surface area contributed by atoms with Crippen molar-refractivity contribution in [2.75, 3.05) is 0 Å².